The van der Waals surface area contributed by atoms with Crippen molar-refractivity contribution in [3.05, 3.63) is 17.5 Å². The van der Waals surface area contributed by atoms with Gasteiger partial charge in [0.2, 0.25) is 0 Å². The highest BCUT2D eigenvalue weighted by Gasteiger charge is 2.31. The Kier molecular flexibility index (Phi) is 2.93. The highest BCUT2D eigenvalue weighted by Crippen LogP contribution is 2.42. The Morgan fingerprint density at radius 2 is 2.05 bits per heavy atom. The second-order valence-electron chi connectivity index (χ2n) is 6.63. The van der Waals surface area contributed by atoms with E-state index in [1.807, 2.05) is 20.8 Å². The maximum atomic E-state index is 11.2. The van der Waals surface area contributed by atoms with Gasteiger partial charge in [0.05, 0.1) is 16.6 Å². The lowest BCUT2D eigenvalue weighted by Crippen LogP contribution is -2.24. The molecule has 1 aliphatic rings. The Labute approximate surface area is 122 Å². The summed E-state index contributed by atoms with van der Waals surface area (Å²) in [5, 5.41) is 24.6. The number of carboxylic acids is 1. The summed E-state index contributed by atoms with van der Waals surface area (Å²) in [5.74, 6) is -0.867. The number of fused-ring (bicyclic) bond motifs is 1. The molecule has 112 valence electrons. The number of carbonyl (C=O) groups is 1. The van der Waals surface area contributed by atoms with Gasteiger partial charge in [0.15, 0.2) is 11.3 Å². The van der Waals surface area contributed by atoms with Crippen LogP contribution < -0.4 is 0 Å². The molecule has 2 heterocycles. The average molecular weight is 289 g/mol. The molecule has 0 aromatic carbocycles. The second kappa shape index (κ2) is 4.44. The number of carboxylic acid groups (broad SMARTS) is 1. The van der Waals surface area contributed by atoms with E-state index in [1.54, 1.807) is 4.68 Å². The quantitative estimate of drug-likeness (QED) is 0.887. The van der Waals surface area contributed by atoms with E-state index in [2.05, 4.69) is 10.1 Å². The van der Waals surface area contributed by atoms with Gasteiger partial charge in [-0.1, -0.05) is 6.42 Å². The maximum absolute atomic E-state index is 11.2. The summed E-state index contributed by atoms with van der Waals surface area (Å²) in [4.78, 5) is 15.4. The van der Waals surface area contributed by atoms with Crippen LogP contribution >= 0.6 is 0 Å². The minimum Gasteiger partial charge on any atom is -0.507 e. The van der Waals surface area contributed by atoms with Crippen LogP contribution in [0.5, 0.6) is 5.75 Å². The summed E-state index contributed by atoms with van der Waals surface area (Å²) in [6.45, 7) is 5.95. The van der Waals surface area contributed by atoms with Crippen molar-refractivity contribution < 1.29 is 15.0 Å². The number of hydrogen-bond donors (Lipinski definition) is 2. The van der Waals surface area contributed by atoms with E-state index in [0.29, 0.717) is 17.0 Å². The van der Waals surface area contributed by atoms with Crippen LogP contribution in [0.1, 0.15) is 62.1 Å². The van der Waals surface area contributed by atoms with Gasteiger partial charge in [-0.05, 0) is 33.6 Å². The lowest BCUT2D eigenvalue weighted by molar-refractivity contribution is 0.0690. The van der Waals surface area contributed by atoms with Crippen molar-refractivity contribution >= 4 is 17.0 Å². The Morgan fingerprint density at radius 3 is 2.52 bits per heavy atom. The van der Waals surface area contributed by atoms with Gasteiger partial charge >= 0.3 is 5.97 Å². The van der Waals surface area contributed by atoms with Gasteiger partial charge in [-0.3, -0.25) is 0 Å². The Morgan fingerprint density at radius 1 is 1.38 bits per heavy atom. The fourth-order valence-electron chi connectivity index (χ4n) is 2.67. The molecule has 0 bridgehead atoms. The summed E-state index contributed by atoms with van der Waals surface area (Å²) in [6, 6.07) is 1.21. The van der Waals surface area contributed by atoms with E-state index < -0.39 is 5.97 Å². The number of hydrogen-bond acceptors (Lipinski definition) is 4. The molecule has 2 aromatic rings. The summed E-state index contributed by atoms with van der Waals surface area (Å²) in [6.07, 6.45) is 3.27. The monoisotopic (exact) mass is 289 g/mol. The zero-order chi connectivity index (χ0) is 15.4. The van der Waals surface area contributed by atoms with Crippen molar-refractivity contribution in [2.45, 2.75) is 51.5 Å². The van der Waals surface area contributed by atoms with Gasteiger partial charge < -0.3 is 10.2 Å². The molecule has 0 unspecified atom stereocenters. The van der Waals surface area contributed by atoms with Crippen LogP contribution in [0.25, 0.3) is 11.0 Å². The molecule has 0 amide bonds. The molecule has 0 saturated heterocycles. The molecule has 0 atom stereocenters. The van der Waals surface area contributed by atoms with Crippen LogP contribution in [0.2, 0.25) is 0 Å². The first-order valence-corrected chi connectivity index (χ1v) is 7.15. The lowest BCUT2D eigenvalue weighted by Gasteiger charge is -2.24. The van der Waals surface area contributed by atoms with Gasteiger partial charge in [-0.15, -0.1) is 0 Å². The molecule has 2 N–H and O–H groups in total. The molecule has 21 heavy (non-hydrogen) atoms. The predicted octanol–water partition coefficient (Wildman–Crippen LogP) is 2.86. The summed E-state index contributed by atoms with van der Waals surface area (Å²) < 4.78 is 1.72. The van der Waals surface area contributed by atoms with Crippen molar-refractivity contribution in [3.63, 3.8) is 0 Å². The number of aromatic hydroxyl groups is 1. The smallest absolute Gasteiger partial charge is 0.354 e. The van der Waals surface area contributed by atoms with Crippen LogP contribution in [-0.2, 0) is 5.54 Å². The van der Waals surface area contributed by atoms with Crippen molar-refractivity contribution in [1.82, 2.24) is 14.8 Å². The van der Waals surface area contributed by atoms with Crippen molar-refractivity contribution in [2.24, 2.45) is 0 Å². The van der Waals surface area contributed by atoms with Crippen molar-refractivity contribution in [2.75, 3.05) is 0 Å². The molecule has 0 radical (unpaired) electrons. The van der Waals surface area contributed by atoms with Crippen LogP contribution in [0.3, 0.4) is 0 Å². The third-order valence-electron chi connectivity index (χ3n) is 3.99. The number of rotatable bonds is 2. The van der Waals surface area contributed by atoms with E-state index in [4.69, 9.17) is 5.11 Å². The fourth-order valence-corrected chi connectivity index (χ4v) is 2.67. The molecular weight excluding hydrogens is 270 g/mol. The number of pyridine rings is 1. The van der Waals surface area contributed by atoms with Gasteiger partial charge in [-0.25, -0.2) is 14.5 Å². The third-order valence-corrected chi connectivity index (χ3v) is 3.99. The molecule has 6 heteroatoms. The normalized spacial score (nSPS) is 16.1. The van der Waals surface area contributed by atoms with Gasteiger partial charge in [0.1, 0.15) is 5.75 Å². The predicted molar refractivity (Wildman–Crippen MR) is 77.7 cm³/mol. The highest BCUT2D eigenvalue weighted by molar-refractivity contribution is 5.93. The van der Waals surface area contributed by atoms with Crippen LogP contribution in [0.15, 0.2) is 6.07 Å². The molecule has 1 aliphatic carbocycles. The van der Waals surface area contributed by atoms with E-state index in [-0.39, 0.29) is 17.0 Å². The largest absolute Gasteiger partial charge is 0.507 e. The summed E-state index contributed by atoms with van der Waals surface area (Å²) in [5.41, 5.74) is 0.789. The second-order valence-corrected chi connectivity index (χ2v) is 6.63. The van der Waals surface area contributed by atoms with Gasteiger partial charge in [0.25, 0.3) is 0 Å². The minimum atomic E-state index is -1.15. The zero-order valence-electron chi connectivity index (χ0n) is 12.4. The molecular formula is C15H19N3O3. The Hall–Kier alpha value is -2.11. The Bertz CT molecular complexity index is 724. The van der Waals surface area contributed by atoms with Crippen LogP contribution in [0, 0.1) is 0 Å². The first-order valence-electron chi connectivity index (χ1n) is 7.15. The molecule has 6 nitrogen and oxygen atoms in total. The lowest BCUT2D eigenvalue weighted by atomic mass is 9.82. The van der Waals surface area contributed by atoms with E-state index in [0.717, 1.165) is 25.0 Å². The van der Waals surface area contributed by atoms with E-state index >= 15 is 0 Å². The SMILES string of the molecule is CC(C)(C)n1nc(C2CCC2)c2c(O)cc(C(=O)O)nc21. The maximum Gasteiger partial charge on any atom is 0.354 e. The number of nitrogens with zero attached hydrogens (tertiary/aromatic N) is 3. The molecule has 2 aromatic heterocycles. The van der Waals surface area contributed by atoms with Crippen molar-refractivity contribution in [1.29, 1.82) is 0 Å². The van der Waals surface area contributed by atoms with Crippen LogP contribution in [-0.4, -0.2) is 30.9 Å². The minimum absolute atomic E-state index is 0.0465. The van der Waals surface area contributed by atoms with Gasteiger partial charge in [0, 0.05) is 12.0 Å². The summed E-state index contributed by atoms with van der Waals surface area (Å²) >= 11 is 0. The first kappa shape index (κ1) is 13.9. The van der Waals surface area contributed by atoms with Gasteiger partial charge in [-0.2, -0.15) is 5.10 Å². The highest BCUT2D eigenvalue weighted by atomic mass is 16.4. The molecule has 1 saturated carbocycles. The topological polar surface area (TPSA) is 88.2 Å². The van der Waals surface area contributed by atoms with E-state index in [1.165, 1.54) is 6.07 Å². The van der Waals surface area contributed by atoms with Crippen molar-refractivity contribution in [3.8, 4) is 5.75 Å². The average Bonchev–Trinajstić information content (AvgIpc) is 2.66. The Balaban J connectivity index is 2.33. The standard InChI is InChI=1S/C15H19N3O3/c1-15(2,3)18-13-11(12(17-18)8-5-4-6-8)10(19)7-9(16-13)14(20)21/h7-8H,4-6H2,1-3H3,(H,16,19)(H,20,21). The van der Waals surface area contributed by atoms with Crippen LogP contribution in [0.4, 0.5) is 0 Å². The molecule has 3 rings (SSSR count). The van der Waals surface area contributed by atoms with E-state index in [9.17, 15) is 9.90 Å². The third kappa shape index (κ3) is 2.14. The first-order chi connectivity index (χ1) is 9.79. The summed E-state index contributed by atoms with van der Waals surface area (Å²) in [7, 11) is 0. The molecule has 0 spiro atoms. The number of aromatic carboxylic acids is 1. The zero-order valence-corrected chi connectivity index (χ0v) is 12.4. The fraction of sp³-hybridized carbons (Fsp3) is 0.533. The number of aromatic nitrogens is 3. The molecule has 1 fully saturated rings. The molecule has 0 aliphatic heterocycles.